The van der Waals surface area contributed by atoms with Crippen LogP contribution in [-0.4, -0.2) is 24.1 Å². The number of hydrogen-bond acceptors (Lipinski definition) is 4. The predicted octanol–water partition coefficient (Wildman–Crippen LogP) is 3.58. The highest BCUT2D eigenvalue weighted by Crippen LogP contribution is 2.45. The zero-order valence-corrected chi connectivity index (χ0v) is 14.2. The molecule has 1 saturated carbocycles. The van der Waals surface area contributed by atoms with Gasteiger partial charge < -0.3 is 9.47 Å². The van der Waals surface area contributed by atoms with Crippen molar-refractivity contribution >= 4 is 11.9 Å². The second kappa shape index (κ2) is 7.81. The van der Waals surface area contributed by atoms with Crippen LogP contribution in [-0.2, 0) is 19.1 Å². The molecule has 0 N–H and O–H groups in total. The fourth-order valence-electron chi connectivity index (χ4n) is 3.43. The van der Waals surface area contributed by atoms with Crippen LogP contribution in [0.3, 0.4) is 0 Å². The Morgan fingerprint density at radius 1 is 1.00 bits per heavy atom. The third kappa shape index (κ3) is 4.72. The third-order valence-corrected chi connectivity index (χ3v) is 4.09. The van der Waals surface area contributed by atoms with Crippen LogP contribution in [0.4, 0.5) is 0 Å². The molecule has 0 radical (unpaired) electrons. The van der Waals surface area contributed by atoms with E-state index in [2.05, 4.69) is 6.92 Å². The molecule has 1 aliphatic carbocycles. The lowest BCUT2D eigenvalue weighted by molar-refractivity contribution is -0.166. The number of carbonyl (C=O) groups is 2. The molecule has 4 heteroatoms. The Morgan fingerprint density at radius 3 is 1.90 bits per heavy atom. The molecule has 0 spiro atoms. The van der Waals surface area contributed by atoms with Crippen molar-refractivity contribution in [1.82, 2.24) is 0 Å². The summed E-state index contributed by atoms with van der Waals surface area (Å²) in [5, 5.41) is 0. The van der Waals surface area contributed by atoms with E-state index in [-0.39, 0.29) is 47.8 Å². The van der Waals surface area contributed by atoms with Gasteiger partial charge in [0.2, 0.25) is 0 Å². The molecule has 1 rings (SSSR count). The summed E-state index contributed by atoms with van der Waals surface area (Å²) in [6.07, 6.45) is 2.54. The van der Waals surface area contributed by atoms with Crippen molar-refractivity contribution in [3.05, 3.63) is 0 Å². The number of ether oxygens (including phenoxy) is 2. The standard InChI is InChI=1S/C17H30O4/c1-7-8-13-9-12(6)14(16(18)20-10(2)3)15(13)17(19)21-11(4)5/h10-15H,7-9H2,1-6H3. The van der Waals surface area contributed by atoms with Crippen LogP contribution in [0, 0.1) is 23.7 Å². The molecule has 21 heavy (non-hydrogen) atoms. The van der Waals surface area contributed by atoms with Gasteiger partial charge in [0.05, 0.1) is 24.0 Å². The SMILES string of the molecule is CCCC1CC(C)C(C(=O)OC(C)C)C1C(=O)OC(C)C. The minimum Gasteiger partial charge on any atom is -0.463 e. The Morgan fingerprint density at radius 2 is 1.48 bits per heavy atom. The molecule has 4 nitrogen and oxygen atoms in total. The van der Waals surface area contributed by atoms with E-state index in [0.29, 0.717) is 0 Å². The molecule has 0 amide bonds. The lowest BCUT2D eigenvalue weighted by Crippen LogP contribution is -2.35. The van der Waals surface area contributed by atoms with Gasteiger partial charge in [0, 0.05) is 0 Å². The molecule has 0 saturated heterocycles. The lowest BCUT2D eigenvalue weighted by Gasteiger charge is -2.25. The molecule has 0 aromatic carbocycles. The minimum atomic E-state index is -0.366. The van der Waals surface area contributed by atoms with Crippen LogP contribution in [0.1, 0.15) is 60.8 Å². The quantitative estimate of drug-likeness (QED) is 0.703. The van der Waals surface area contributed by atoms with Crippen molar-refractivity contribution in [1.29, 1.82) is 0 Å². The smallest absolute Gasteiger partial charge is 0.310 e. The van der Waals surface area contributed by atoms with Crippen molar-refractivity contribution < 1.29 is 19.1 Å². The van der Waals surface area contributed by atoms with Crippen LogP contribution in [0.5, 0.6) is 0 Å². The average molecular weight is 298 g/mol. The fraction of sp³-hybridized carbons (Fsp3) is 0.882. The molecule has 0 aromatic heterocycles. The van der Waals surface area contributed by atoms with Gasteiger partial charge in [-0.1, -0.05) is 20.3 Å². The highest BCUT2D eigenvalue weighted by molar-refractivity contribution is 5.83. The highest BCUT2D eigenvalue weighted by Gasteiger charge is 2.50. The third-order valence-electron chi connectivity index (χ3n) is 4.09. The predicted molar refractivity (Wildman–Crippen MR) is 81.6 cm³/mol. The van der Waals surface area contributed by atoms with Crippen LogP contribution in [0.15, 0.2) is 0 Å². The first kappa shape index (κ1) is 18.0. The van der Waals surface area contributed by atoms with Crippen molar-refractivity contribution in [3.63, 3.8) is 0 Å². The summed E-state index contributed by atoms with van der Waals surface area (Å²) >= 11 is 0. The fourth-order valence-corrected chi connectivity index (χ4v) is 3.43. The first-order valence-corrected chi connectivity index (χ1v) is 8.18. The topological polar surface area (TPSA) is 52.6 Å². The van der Waals surface area contributed by atoms with E-state index in [1.807, 2.05) is 34.6 Å². The maximum absolute atomic E-state index is 12.5. The normalized spacial score (nSPS) is 29.0. The molecule has 1 fully saturated rings. The van der Waals surface area contributed by atoms with Gasteiger partial charge in [0.15, 0.2) is 0 Å². The van der Waals surface area contributed by atoms with E-state index in [0.717, 1.165) is 19.3 Å². The molecule has 0 aromatic rings. The van der Waals surface area contributed by atoms with E-state index in [9.17, 15) is 9.59 Å². The zero-order valence-electron chi connectivity index (χ0n) is 14.2. The van der Waals surface area contributed by atoms with E-state index in [1.165, 1.54) is 0 Å². The Labute approximate surface area is 128 Å². The van der Waals surface area contributed by atoms with Crippen molar-refractivity contribution in [3.8, 4) is 0 Å². The molecular formula is C17H30O4. The van der Waals surface area contributed by atoms with Crippen molar-refractivity contribution in [2.45, 2.75) is 73.0 Å². The van der Waals surface area contributed by atoms with Gasteiger partial charge in [0.1, 0.15) is 0 Å². The van der Waals surface area contributed by atoms with E-state index < -0.39 is 0 Å². The van der Waals surface area contributed by atoms with Gasteiger partial charge in [0.25, 0.3) is 0 Å². The molecule has 1 aliphatic rings. The summed E-state index contributed by atoms with van der Waals surface area (Å²) in [5.74, 6) is -0.817. The Hall–Kier alpha value is -1.06. The summed E-state index contributed by atoms with van der Waals surface area (Å²) < 4.78 is 10.8. The van der Waals surface area contributed by atoms with Crippen molar-refractivity contribution in [2.24, 2.45) is 23.7 Å². The van der Waals surface area contributed by atoms with Gasteiger partial charge in [-0.3, -0.25) is 9.59 Å². The second-order valence-electron chi connectivity index (χ2n) is 6.78. The van der Waals surface area contributed by atoms with E-state index >= 15 is 0 Å². The van der Waals surface area contributed by atoms with Gasteiger partial charge in [-0.15, -0.1) is 0 Å². The number of rotatable bonds is 6. The molecule has 122 valence electrons. The Balaban J connectivity index is 2.95. The first-order chi connectivity index (χ1) is 9.77. The summed E-state index contributed by atoms with van der Waals surface area (Å²) in [5.41, 5.74) is 0. The molecular weight excluding hydrogens is 268 g/mol. The van der Waals surface area contributed by atoms with E-state index in [4.69, 9.17) is 9.47 Å². The Kier molecular flexibility index (Phi) is 6.69. The molecule has 0 aliphatic heterocycles. The first-order valence-electron chi connectivity index (χ1n) is 8.18. The van der Waals surface area contributed by atoms with Crippen LogP contribution in [0.25, 0.3) is 0 Å². The Bertz CT molecular complexity index is 362. The van der Waals surface area contributed by atoms with Crippen LogP contribution >= 0.6 is 0 Å². The maximum Gasteiger partial charge on any atom is 0.310 e. The minimum absolute atomic E-state index is 0.155. The van der Waals surface area contributed by atoms with E-state index in [1.54, 1.807) is 0 Å². The summed E-state index contributed by atoms with van der Waals surface area (Å²) in [7, 11) is 0. The zero-order chi connectivity index (χ0) is 16.2. The number of carbonyl (C=O) groups excluding carboxylic acids is 2. The van der Waals surface area contributed by atoms with Crippen LogP contribution < -0.4 is 0 Å². The summed E-state index contributed by atoms with van der Waals surface area (Å²) in [6.45, 7) is 11.5. The van der Waals surface area contributed by atoms with Gasteiger partial charge >= 0.3 is 11.9 Å². The average Bonchev–Trinajstić information content (AvgIpc) is 2.64. The molecule has 4 unspecified atom stereocenters. The molecule has 4 atom stereocenters. The second-order valence-corrected chi connectivity index (χ2v) is 6.78. The van der Waals surface area contributed by atoms with Gasteiger partial charge in [-0.05, 0) is 52.4 Å². The van der Waals surface area contributed by atoms with Crippen LogP contribution in [0.2, 0.25) is 0 Å². The maximum atomic E-state index is 12.5. The lowest BCUT2D eigenvalue weighted by atomic mass is 9.85. The number of hydrogen-bond donors (Lipinski definition) is 0. The number of esters is 2. The summed E-state index contributed by atoms with van der Waals surface area (Å²) in [4.78, 5) is 24.8. The van der Waals surface area contributed by atoms with Gasteiger partial charge in [-0.2, -0.15) is 0 Å². The largest absolute Gasteiger partial charge is 0.463 e. The monoisotopic (exact) mass is 298 g/mol. The molecule has 0 bridgehead atoms. The summed E-state index contributed by atoms with van der Waals surface area (Å²) in [6, 6.07) is 0. The highest BCUT2D eigenvalue weighted by atomic mass is 16.6. The van der Waals surface area contributed by atoms with Crippen molar-refractivity contribution in [2.75, 3.05) is 0 Å². The van der Waals surface area contributed by atoms with Gasteiger partial charge in [-0.25, -0.2) is 0 Å². The molecule has 0 heterocycles.